The molecule has 3 rings (SSSR count). The minimum atomic E-state index is -1.45. The van der Waals surface area contributed by atoms with Crippen molar-refractivity contribution in [2.45, 2.75) is 82.3 Å². The molecule has 1 amide bonds. The van der Waals surface area contributed by atoms with Gasteiger partial charge >= 0.3 is 6.09 Å². The molecule has 2 fully saturated rings. The molecule has 0 radical (unpaired) electrons. The summed E-state index contributed by atoms with van der Waals surface area (Å²) in [6.07, 6.45) is 9.84. The average molecular weight is 513 g/mol. The zero-order chi connectivity index (χ0) is 25.3. The lowest BCUT2D eigenvalue weighted by Crippen LogP contribution is -2.49. The number of nitrogens with two attached hydrogens (primary N) is 1. The molecule has 1 aliphatic heterocycles. The first-order valence-corrected chi connectivity index (χ1v) is 13.6. The Morgan fingerprint density at radius 3 is 2.77 bits per heavy atom. The number of halogens is 2. The van der Waals surface area contributed by atoms with Crippen LogP contribution in [0.25, 0.3) is 0 Å². The number of likely N-dealkylation sites (tertiary alicyclic amines) is 1. The van der Waals surface area contributed by atoms with Gasteiger partial charge in [-0.05, 0) is 50.5 Å². The molecule has 2 aliphatic rings. The van der Waals surface area contributed by atoms with Crippen LogP contribution in [0, 0.1) is 17.7 Å². The Morgan fingerprint density at radius 1 is 1.26 bits per heavy atom. The van der Waals surface area contributed by atoms with Crippen LogP contribution in [0.3, 0.4) is 0 Å². The molecule has 35 heavy (non-hydrogen) atoms. The van der Waals surface area contributed by atoms with Gasteiger partial charge < -0.3 is 25.2 Å². The number of piperidine rings is 1. The minimum absolute atomic E-state index is 0.0168. The standard InChI is InChI=1S/C27H42ClFN2O4/c1-34-16-6-5-14-27(33,23-12-7-13-24(28)25(23)29)21-11-8-15-31(18-21)26(32)35-19-22(30)17-20-9-3-2-4-10-20/h7,12-13,20-22,33H,2-6,8-11,14-19,30H2,1H3/t21-,22+,27+/m1/s1. The summed E-state index contributed by atoms with van der Waals surface area (Å²) in [4.78, 5) is 14.5. The number of amides is 1. The van der Waals surface area contributed by atoms with E-state index in [-0.39, 0.29) is 29.2 Å². The fourth-order valence-electron chi connectivity index (χ4n) is 5.76. The van der Waals surface area contributed by atoms with Crippen LogP contribution in [0.2, 0.25) is 5.02 Å². The Kier molecular flexibility index (Phi) is 11.1. The van der Waals surface area contributed by atoms with Crippen LogP contribution < -0.4 is 5.73 Å². The quantitative estimate of drug-likeness (QED) is 0.375. The Hall–Kier alpha value is -1.41. The summed E-state index contributed by atoms with van der Waals surface area (Å²) < 4.78 is 25.8. The van der Waals surface area contributed by atoms with Crippen LogP contribution in [0.1, 0.15) is 76.2 Å². The zero-order valence-electron chi connectivity index (χ0n) is 21.0. The number of unbranched alkanes of at least 4 members (excludes halogenated alkanes) is 1. The molecule has 1 aliphatic carbocycles. The molecule has 198 valence electrons. The summed E-state index contributed by atoms with van der Waals surface area (Å²) in [5.74, 6) is -0.315. The second-order valence-electron chi connectivity index (χ2n) is 10.3. The summed E-state index contributed by atoms with van der Waals surface area (Å²) in [6.45, 7) is 1.60. The van der Waals surface area contributed by atoms with Crippen LogP contribution >= 0.6 is 11.6 Å². The monoisotopic (exact) mass is 512 g/mol. The smallest absolute Gasteiger partial charge is 0.409 e. The first-order valence-electron chi connectivity index (χ1n) is 13.2. The Labute approximate surface area is 214 Å². The second kappa shape index (κ2) is 13.8. The first-order chi connectivity index (χ1) is 16.8. The third-order valence-electron chi connectivity index (χ3n) is 7.71. The van der Waals surface area contributed by atoms with Crippen LogP contribution in [0.5, 0.6) is 0 Å². The minimum Gasteiger partial charge on any atom is -0.448 e. The zero-order valence-corrected chi connectivity index (χ0v) is 21.8. The summed E-state index contributed by atoms with van der Waals surface area (Å²) in [7, 11) is 1.63. The van der Waals surface area contributed by atoms with Gasteiger partial charge in [-0.15, -0.1) is 0 Å². The van der Waals surface area contributed by atoms with Gasteiger partial charge in [0.15, 0.2) is 0 Å². The molecule has 6 nitrogen and oxygen atoms in total. The number of hydrogen-bond donors (Lipinski definition) is 2. The van der Waals surface area contributed by atoms with Gasteiger partial charge in [-0.3, -0.25) is 0 Å². The topological polar surface area (TPSA) is 85.0 Å². The molecule has 1 aromatic rings. The molecule has 3 N–H and O–H groups in total. The highest BCUT2D eigenvalue weighted by molar-refractivity contribution is 6.30. The van der Waals surface area contributed by atoms with Crippen molar-refractivity contribution < 1.29 is 23.8 Å². The lowest BCUT2D eigenvalue weighted by molar-refractivity contribution is -0.0625. The maximum Gasteiger partial charge on any atom is 0.409 e. The van der Waals surface area contributed by atoms with Crippen molar-refractivity contribution in [2.75, 3.05) is 33.4 Å². The predicted octanol–water partition coefficient (Wildman–Crippen LogP) is 5.63. The second-order valence-corrected chi connectivity index (χ2v) is 10.7. The van der Waals surface area contributed by atoms with E-state index < -0.39 is 17.5 Å². The van der Waals surface area contributed by atoms with Gasteiger partial charge in [-0.2, -0.15) is 0 Å². The van der Waals surface area contributed by atoms with E-state index in [0.717, 1.165) is 12.8 Å². The van der Waals surface area contributed by atoms with Gasteiger partial charge in [0.05, 0.1) is 10.6 Å². The highest BCUT2D eigenvalue weighted by atomic mass is 35.5. The van der Waals surface area contributed by atoms with Crippen LogP contribution in [0.15, 0.2) is 18.2 Å². The van der Waals surface area contributed by atoms with E-state index in [9.17, 15) is 9.90 Å². The van der Waals surface area contributed by atoms with Crippen LogP contribution in [0.4, 0.5) is 9.18 Å². The molecule has 1 heterocycles. The number of nitrogens with zero attached hydrogens (tertiary/aromatic N) is 1. The average Bonchev–Trinajstić information content (AvgIpc) is 2.87. The maximum absolute atomic E-state index is 15.0. The van der Waals surface area contributed by atoms with E-state index in [2.05, 4.69) is 0 Å². The van der Waals surface area contributed by atoms with Gasteiger partial charge in [-0.1, -0.05) is 55.8 Å². The first kappa shape index (κ1) is 28.2. The molecule has 0 bridgehead atoms. The Morgan fingerprint density at radius 2 is 2.03 bits per heavy atom. The van der Waals surface area contributed by atoms with Crippen molar-refractivity contribution in [1.82, 2.24) is 4.90 Å². The van der Waals surface area contributed by atoms with Crippen LogP contribution in [-0.2, 0) is 15.1 Å². The van der Waals surface area contributed by atoms with Gasteiger partial charge in [0.2, 0.25) is 0 Å². The Balaban J connectivity index is 1.63. The highest BCUT2D eigenvalue weighted by Crippen LogP contribution is 2.42. The van der Waals surface area contributed by atoms with Crippen molar-refractivity contribution in [2.24, 2.45) is 17.6 Å². The maximum atomic E-state index is 15.0. The summed E-state index contributed by atoms with van der Waals surface area (Å²) >= 11 is 6.06. The third kappa shape index (κ3) is 7.78. The summed E-state index contributed by atoms with van der Waals surface area (Å²) in [6, 6.07) is 4.57. The number of rotatable bonds is 11. The summed E-state index contributed by atoms with van der Waals surface area (Å²) in [5, 5.41) is 11.9. The van der Waals surface area contributed by atoms with E-state index >= 15 is 4.39 Å². The molecule has 1 aromatic carbocycles. The summed E-state index contributed by atoms with van der Waals surface area (Å²) in [5.41, 5.74) is 5.01. The van der Waals surface area contributed by atoms with Gasteiger partial charge in [0.25, 0.3) is 0 Å². The normalized spacial score (nSPS) is 22.0. The third-order valence-corrected chi connectivity index (χ3v) is 8.00. The van der Waals surface area contributed by atoms with E-state index in [1.54, 1.807) is 24.1 Å². The lowest BCUT2D eigenvalue weighted by Gasteiger charge is -2.42. The Bertz CT molecular complexity index is 807. The van der Waals surface area contributed by atoms with Gasteiger partial charge in [-0.25, -0.2) is 9.18 Å². The van der Waals surface area contributed by atoms with E-state index in [0.29, 0.717) is 51.3 Å². The molecule has 8 heteroatoms. The van der Waals surface area contributed by atoms with Gasteiger partial charge in [0, 0.05) is 44.3 Å². The molecule has 0 spiro atoms. The SMILES string of the molecule is COCCCC[C@@](O)(c1cccc(Cl)c1F)[C@@H]1CCCN(C(=O)OC[C@@H](N)CC2CCCCC2)C1. The molecule has 0 unspecified atom stereocenters. The molecular weight excluding hydrogens is 471 g/mol. The molecule has 1 saturated carbocycles. The molecule has 3 atom stereocenters. The van der Waals surface area contributed by atoms with Crippen molar-refractivity contribution >= 4 is 17.7 Å². The highest BCUT2D eigenvalue weighted by Gasteiger charge is 2.43. The largest absolute Gasteiger partial charge is 0.448 e. The van der Waals surface area contributed by atoms with E-state index in [1.807, 2.05) is 0 Å². The van der Waals surface area contributed by atoms with Crippen molar-refractivity contribution in [3.63, 3.8) is 0 Å². The number of carbonyl (C=O) groups is 1. The fourth-order valence-corrected chi connectivity index (χ4v) is 5.93. The number of hydrogen-bond acceptors (Lipinski definition) is 5. The number of benzene rings is 1. The number of methoxy groups -OCH3 is 1. The van der Waals surface area contributed by atoms with Crippen molar-refractivity contribution in [3.8, 4) is 0 Å². The molecule has 1 saturated heterocycles. The van der Waals surface area contributed by atoms with E-state index in [4.69, 9.17) is 26.8 Å². The molecular formula is C27H42ClFN2O4. The van der Waals surface area contributed by atoms with Crippen LogP contribution in [-0.4, -0.2) is 55.6 Å². The van der Waals surface area contributed by atoms with E-state index in [1.165, 1.54) is 38.2 Å². The molecule has 0 aromatic heterocycles. The fraction of sp³-hybridized carbons (Fsp3) is 0.741. The number of carbonyl (C=O) groups excluding carboxylic acids is 1. The number of ether oxygens (including phenoxy) is 2. The predicted molar refractivity (Wildman–Crippen MR) is 136 cm³/mol. The lowest BCUT2D eigenvalue weighted by atomic mass is 9.74. The van der Waals surface area contributed by atoms with Crippen molar-refractivity contribution in [3.05, 3.63) is 34.6 Å². The van der Waals surface area contributed by atoms with Crippen molar-refractivity contribution in [1.29, 1.82) is 0 Å². The van der Waals surface area contributed by atoms with Gasteiger partial charge in [0.1, 0.15) is 12.4 Å². The number of aliphatic hydroxyl groups is 1.